The fourth-order valence-corrected chi connectivity index (χ4v) is 1.83. The lowest BCUT2D eigenvalue weighted by Gasteiger charge is -2.11. The van der Waals surface area contributed by atoms with E-state index < -0.39 is 0 Å². The fraction of sp³-hybridized carbons (Fsp3) is 0.500. The summed E-state index contributed by atoms with van der Waals surface area (Å²) in [5.74, 6) is 0.242. The van der Waals surface area contributed by atoms with Gasteiger partial charge in [0.15, 0.2) is 0 Å². The van der Waals surface area contributed by atoms with Crippen LogP contribution >= 0.6 is 0 Å². The molecule has 0 spiro atoms. The van der Waals surface area contributed by atoms with Gasteiger partial charge in [-0.3, -0.25) is 4.79 Å². The Morgan fingerprint density at radius 2 is 1.88 bits per heavy atom. The second-order valence-corrected chi connectivity index (χ2v) is 4.46. The van der Waals surface area contributed by atoms with Crippen LogP contribution in [0.4, 0.5) is 0 Å². The molecule has 2 N–H and O–H groups in total. The van der Waals surface area contributed by atoms with E-state index in [2.05, 4.69) is 26.0 Å². The van der Waals surface area contributed by atoms with Crippen molar-refractivity contribution in [1.29, 1.82) is 0 Å². The molecule has 0 radical (unpaired) electrons. The van der Waals surface area contributed by atoms with Gasteiger partial charge in [-0.2, -0.15) is 0 Å². The summed E-state index contributed by atoms with van der Waals surface area (Å²) in [5, 5.41) is 0. The maximum Gasteiger partial charge on any atom is 0.138 e. The van der Waals surface area contributed by atoms with Gasteiger partial charge in [0.1, 0.15) is 5.78 Å². The van der Waals surface area contributed by atoms with Crippen molar-refractivity contribution in [2.24, 2.45) is 5.73 Å². The van der Waals surface area contributed by atoms with E-state index in [9.17, 15) is 4.79 Å². The number of benzene rings is 1. The summed E-state index contributed by atoms with van der Waals surface area (Å²) in [6.07, 6.45) is 1.87. The molecule has 0 amide bonds. The van der Waals surface area contributed by atoms with Gasteiger partial charge in [0.2, 0.25) is 0 Å². The van der Waals surface area contributed by atoms with Crippen LogP contribution in [-0.2, 0) is 11.2 Å². The summed E-state index contributed by atoms with van der Waals surface area (Å²) in [7, 11) is 0. The summed E-state index contributed by atoms with van der Waals surface area (Å²) in [4.78, 5) is 11.8. The summed E-state index contributed by atoms with van der Waals surface area (Å²) in [6.45, 7) is 6.11. The number of nitrogens with two attached hydrogens (primary N) is 1. The predicted octanol–water partition coefficient (Wildman–Crippen LogP) is 2.54. The van der Waals surface area contributed by atoms with Gasteiger partial charge in [0.05, 0.1) is 0 Å². The molecule has 0 bridgehead atoms. The van der Waals surface area contributed by atoms with Gasteiger partial charge in [-0.25, -0.2) is 0 Å². The first-order valence-corrected chi connectivity index (χ1v) is 5.87. The summed E-state index contributed by atoms with van der Waals surface area (Å²) >= 11 is 0. The third-order valence-corrected chi connectivity index (χ3v) is 3.03. The van der Waals surface area contributed by atoms with Crippen LogP contribution < -0.4 is 5.73 Å². The van der Waals surface area contributed by atoms with Crippen LogP contribution in [0.25, 0.3) is 0 Å². The van der Waals surface area contributed by atoms with Crippen LogP contribution in [0.5, 0.6) is 0 Å². The summed E-state index contributed by atoms with van der Waals surface area (Å²) < 4.78 is 0. The molecule has 1 aromatic rings. The van der Waals surface area contributed by atoms with Crippen LogP contribution in [-0.4, -0.2) is 11.8 Å². The molecule has 2 heteroatoms. The molecule has 88 valence electrons. The van der Waals surface area contributed by atoms with Crippen LogP contribution in [0.2, 0.25) is 0 Å². The number of Topliss-reactive ketones (excluding diaryl/α,β-unsaturated/α-hetero) is 1. The lowest BCUT2D eigenvalue weighted by atomic mass is 9.95. The van der Waals surface area contributed by atoms with Gasteiger partial charge in [-0.15, -0.1) is 0 Å². The average molecular weight is 219 g/mol. The number of rotatable bonds is 5. The topological polar surface area (TPSA) is 43.1 Å². The average Bonchev–Trinajstić information content (AvgIpc) is 2.23. The first kappa shape index (κ1) is 12.9. The molecule has 1 atom stereocenters. The van der Waals surface area contributed by atoms with Gasteiger partial charge in [-0.1, -0.05) is 25.1 Å². The lowest BCUT2D eigenvalue weighted by molar-refractivity contribution is -0.118. The Hall–Kier alpha value is -1.15. The van der Waals surface area contributed by atoms with Gasteiger partial charge >= 0.3 is 0 Å². The van der Waals surface area contributed by atoms with Crippen molar-refractivity contribution in [2.45, 2.75) is 46.1 Å². The Kier molecular flexibility index (Phi) is 4.69. The van der Waals surface area contributed by atoms with E-state index in [1.54, 1.807) is 0 Å². The largest absolute Gasteiger partial charge is 0.327 e. The molecule has 0 saturated heterocycles. The van der Waals surface area contributed by atoms with E-state index in [0.717, 1.165) is 12.0 Å². The highest BCUT2D eigenvalue weighted by Crippen LogP contribution is 2.15. The van der Waals surface area contributed by atoms with E-state index in [1.165, 1.54) is 11.1 Å². The number of carbonyl (C=O) groups is 1. The van der Waals surface area contributed by atoms with E-state index >= 15 is 0 Å². The maximum absolute atomic E-state index is 11.8. The summed E-state index contributed by atoms with van der Waals surface area (Å²) in [5.41, 5.74) is 9.33. The number of carbonyl (C=O) groups excluding carboxylic acids is 1. The van der Waals surface area contributed by atoms with Crippen molar-refractivity contribution in [1.82, 2.24) is 0 Å². The second kappa shape index (κ2) is 5.80. The molecule has 0 aliphatic carbocycles. The second-order valence-electron chi connectivity index (χ2n) is 4.46. The minimum Gasteiger partial charge on any atom is -0.327 e. The molecule has 0 heterocycles. The molecule has 2 nitrogen and oxygen atoms in total. The lowest BCUT2D eigenvalue weighted by Crippen LogP contribution is -2.23. The number of hydrogen-bond acceptors (Lipinski definition) is 2. The minimum atomic E-state index is 0.0109. The molecule has 1 aromatic carbocycles. The monoisotopic (exact) mass is 219 g/mol. The molecule has 0 fully saturated rings. The highest BCUT2D eigenvalue weighted by atomic mass is 16.1. The standard InChI is InChI=1S/C14H21NO/c1-4-12(15)8-13(16)9-14-10(2)6-5-7-11(14)3/h5-7,12H,4,8-9,15H2,1-3H3. The first-order chi connectivity index (χ1) is 7.54. The minimum absolute atomic E-state index is 0.0109. The Bertz CT molecular complexity index is 351. The number of aryl methyl sites for hydroxylation is 2. The zero-order valence-corrected chi connectivity index (χ0v) is 10.4. The molecular formula is C14H21NO. The van der Waals surface area contributed by atoms with Crippen molar-refractivity contribution in [3.05, 3.63) is 34.9 Å². The zero-order chi connectivity index (χ0) is 12.1. The molecule has 0 aromatic heterocycles. The van der Waals surface area contributed by atoms with Gasteiger partial charge < -0.3 is 5.73 Å². The molecule has 1 unspecified atom stereocenters. The van der Waals surface area contributed by atoms with Crippen LogP contribution in [0.15, 0.2) is 18.2 Å². The van der Waals surface area contributed by atoms with Crippen molar-refractivity contribution in [2.75, 3.05) is 0 Å². The number of hydrogen-bond donors (Lipinski definition) is 1. The first-order valence-electron chi connectivity index (χ1n) is 5.87. The Labute approximate surface area is 97.9 Å². The SMILES string of the molecule is CCC(N)CC(=O)Cc1c(C)cccc1C. The van der Waals surface area contributed by atoms with E-state index in [1.807, 2.05) is 13.0 Å². The Balaban J connectivity index is 2.70. The normalized spacial score (nSPS) is 12.5. The van der Waals surface area contributed by atoms with E-state index in [-0.39, 0.29) is 11.8 Å². The van der Waals surface area contributed by atoms with E-state index in [0.29, 0.717) is 12.8 Å². The fourth-order valence-electron chi connectivity index (χ4n) is 1.83. The van der Waals surface area contributed by atoms with Crippen molar-refractivity contribution < 1.29 is 4.79 Å². The highest BCUT2D eigenvalue weighted by Gasteiger charge is 2.11. The third kappa shape index (κ3) is 3.46. The van der Waals surface area contributed by atoms with Crippen molar-refractivity contribution in [3.8, 4) is 0 Å². The Morgan fingerprint density at radius 1 is 1.31 bits per heavy atom. The predicted molar refractivity (Wildman–Crippen MR) is 67.5 cm³/mol. The van der Waals surface area contributed by atoms with Crippen LogP contribution in [0.3, 0.4) is 0 Å². The summed E-state index contributed by atoms with van der Waals surface area (Å²) in [6, 6.07) is 6.14. The van der Waals surface area contributed by atoms with Crippen molar-refractivity contribution >= 4 is 5.78 Å². The Morgan fingerprint density at radius 3 is 2.38 bits per heavy atom. The van der Waals surface area contributed by atoms with Crippen LogP contribution in [0, 0.1) is 13.8 Å². The molecule has 0 aliphatic heterocycles. The number of ketones is 1. The molecule has 0 aliphatic rings. The molecular weight excluding hydrogens is 198 g/mol. The molecule has 16 heavy (non-hydrogen) atoms. The van der Waals surface area contributed by atoms with Gasteiger partial charge in [0, 0.05) is 18.9 Å². The molecule has 1 rings (SSSR count). The van der Waals surface area contributed by atoms with Crippen molar-refractivity contribution in [3.63, 3.8) is 0 Å². The highest BCUT2D eigenvalue weighted by molar-refractivity contribution is 5.82. The van der Waals surface area contributed by atoms with Gasteiger partial charge in [-0.05, 0) is 37.0 Å². The van der Waals surface area contributed by atoms with Gasteiger partial charge in [0.25, 0.3) is 0 Å². The molecule has 0 saturated carbocycles. The smallest absolute Gasteiger partial charge is 0.138 e. The van der Waals surface area contributed by atoms with E-state index in [4.69, 9.17) is 5.73 Å². The quantitative estimate of drug-likeness (QED) is 0.827. The maximum atomic E-state index is 11.8. The zero-order valence-electron chi connectivity index (χ0n) is 10.4. The third-order valence-electron chi connectivity index (χ3n) is 3.03. The van der Waals surface area contributed by atoms with Crippen LogP contribution in [0.1, 0.15) is 36.5 Å².